The third-order valence-electron chi connectivity index (χ3n) is 6.15. The number of ether oxygens (including phenoxy) is 5. The molecule has 0 saturated heterocycles. The average molecular weight is 497 g/mol. The number of hydrogen-bond donors (Lipinski definition) is 3. The molecule has 36 heavy (non-hydrogen) atoms. The molecule has 1 aliphatic rings. The number of benzene rings is 3. The summed E-state index contributed by atoms with van der Waals surface area (Å²) in [5, 5.41) is 30.0. The molecule has 3 aromatic rings. The minimum atomic E-state index is -0.873. The molecule has 0 saturated carbocycles. The molecule has 0 fully saturated rings. The summed E-state index contributed by atoms with van der Waals surface area (Å²) in [7, 11) is 4.36. The van der Waals surface area contributed by atoms with Gasteiger partial charge in [-0.25, -0.2) is 4.79 Å². The molecule has 9 heteroatoms. The summed E-state index contributed by atoms with van der Waals surface area (Å²) in [6.45, 7) is 3.90. The lowest BCUT2D eigenvalue weighted by Crippen LogP contribution is -2.35. The smallest absolute Gasteiger partial charge is 0.338 e. The SMILES string of the molecule is COc1cc(C(=O)O[C@@H]2Cc3c(C)cc(C)cc3OC2c2cc(O)c(O)c(O)c2)cc(OC)c1OC. The number of aryl methyl sites for hydroxylation is 2. The Labute approximate surface area is 208 Å². The van der Waals surface area contributed by atoms with Crippen molar-refractivity contribution in [3.63, 3.8) is 0 Å². The molecule has 3 aromatic carbocycles. The van der Waals surface area contributed by atoms with Crippen LogP contribution in [0.2, 0.25) is 0 Å². The van der Waals surface area contributed by atoms with Gasteiger partial charge >= 0.3 is 5.97 Å². The van der Waals surface area contributed by atoms with Crippen LogP contribution in [0.4, 0.5) is 0 Å². The van der Waals surface area contributed by atoms with Gasteiger partial charge in [0, 0.05) is 17.5 Å². The number of aromatic hydroxyl groups is 3. The van der Waals surface area contributed by atoms with E-state index in [2.05, 4.69) is 0 Å². The van der Waals surface area contributed by atoms with Gasteiger partial charge in [0.15, 0.2) is 34.9 Å². The van der Waals surface area contributed by atoms with Crippen LogP contribution in [0.15, 0.2) is 36.4 Å². The molecule has 0 aliphatic carbocycles. The summed E-state index contributed by atoms with van der Waals surface area (Å²) in [4.78, 5) is 13.3. The molecule has 0 aromatic heterocycles. The molecule has 1 aliphatic heterocycles. The lowest BCUT2D eigenvalue weighted by Gasteiger charge is -2.34. The summed E-state index contributed by atoms with van der Waals surface area (Å²) in [6, 6.07) is 9.42. The summed E-state index contributed by atoms with van der Waals surface area (Å²) in [5.74, 6) is -0.796. The van der Waals surface area contributed by atoms with Crippen LogP contribution in [0.1, 0.15) is 38.7 Å². The minimum Gasteiger partial charge on any atom is -0.504 e. The third kappa shape index (κ3) is 4.51. The first-order chi connectivity index (χ1) is 17.2. The van der Waals surface area contributed by atoms with Crippen molar-refractivity contribution in [2.75, 3.05) is 21.3 Å². The van der Waals surface area contributed by atoms with E-state index < -0.39 is 35.4 Å². The van der Waals surface area contributed by atoms with E-state index in [0.717, 1.165) is 16.7 Å². The van der Waals surface area contributed by atoms with Crippen LogP contribution in [0.25, 0.3) is 0 Å². The highest BCUT2D eigenvalue weighted by Crippen LogP contribution is 2.44. The average Bonchev–Trinajstić information content (AvgIpc) is 2.85. The van der Waals surface area contributed by atoms with E-state index in [1.54, 1.807) is 0 Å². The number of carbonyl (C=O) groups is 1. The third-order valence-corrected chi connectivity index (χ3v) is 6.15. The van der Waals surface area contributed by atoms with Gasteiger partial charge in [0.25, 0.3) is 0 Å². The zero-order valence-electron chi connectivity index (χ0n) is 20.6. The van der Waals surface area contributed by atoms with Crippen LogP contribution in [0, 0.1) is 13.8 Å². The molecule has 1 unspecified atom stereocenters. The van der Waals surface area contributed by atoms with Gasteiger partial charge in [-0.15, -0.1) is 0 Å². The normalized spacial score (nSPS) is 16.5. The molecule has 9 nitrogen and oxygen atoms in total. The Morgan fingerprint density at radius 1 is 0.889 bits per heavy atom. The van der Waals surface area contributed by atoms with Gasteiger partial charge in [-0.2, -0.15) is 0 Å². The van der Waals surface area contributed by atoms with E-state index in [-0.39, 0.29) is 5.56 Å². The standard InChI is InChI=1S/C27H28O9/c1-13-6-14(2)17-12-23(25(35-20(17)7-13)15-8-18(28)24(30)19(29)9-15)36-27(31)16-10-21(32-3)26(34-5)22(11-16)33-4/h6-11,23,25,28-30H,12H2,1-5H3/t23-,25?/m1/s1. The maximum atomic E-state index is 13.3. The maximum absolute atomic E-state index is 13.3. The van der Waals surface area contributed by atoms with Crippen molar-refractivity contribution in [3.05, 3.63) is 64.2 Å². The van der Waals surface area contributed by atoms with Gasteiger partial charge in [0.05, 0.1) is 26.9 Å². The number of phenols is 3. The number of fused-ring (bicyclic) bond motifs is 1. The Balaban J connectivity index is 1.75. The fourth-order valence-corrected chi connectivity index (χ4v) is 4.43. The number of hydrogen-bond acceptors (Lipinski definition) is 9. The second kappa shape index (κ2) is 9.77. The van der Waals surface area contributed by atoms with Gasteiger partial charge in [0.2, 0.25) is 5.75 Å². The Hall–Kier alpha value is -4.27. The molecular weight excluding hydrogens is 468 g/mol. The van der Waals surface area contributed by atoms with E-state index in [9.17, 15) is 20.1 Å². The summed E-state index contributed by atoms with van der Waals surface area (Å²) in [5.41, 5.74) is 3.36. The van der Waals surface area contributed by atoms with E-state index >= 15 is 0 Å². The van der Waals surface area contributed by atoms with Gasteiger partial charge < -0.3 is 39.0 Å². The number of carbonyl (C=O) groups excluding carboxylic acids is 1. The Kier molecular flexibility index (Phi) is 6.74. The van der Waals surface area contributed by atoms with E-state index in [0.29, 0.717) is 35.0 Å². The number of phenolic OH excluding ortho intramolecular Hbond substituents is 3. The van der Waals surface area contributed by atoms with E-state index in [4.69, 9.17) is 23.7 Å². The topological polar surface area (TPSA) is 124 Å². The van der Waals surface area contributed by atoms with Gasteiger partial charge in [-0.05, 0) is 55.3 Å². The van der Waals surface area contributed by atoms with Crippen LogP contribution >= 0.6 is 0 Å². The highest BCUT2D eigenvalue weighted by Gasteiger charge is 2.36. The molecule has 0 amide bonds. The van der Waals surface area contributed by atoms with Crippen LogP contribution in [0.3, 0.4) is 0 Å². The first kappa shape index (κ1) is 24.8. The fraction of sp³-hybridized carbons (Fsp3) is 0.296. The lowest BCUT2D eigenvalue weighted by molar-refractivity contribution is -0.0185. The number of esters is 1. The molecule has 1 heterocycles. The van der Waals surface area contributed by atoms with Crippen molar-refractivity contribution in [2.45, 2.75) is 32.5 Å². The predicted octanol–water partition coefficient (Wildman–Crippen LogP) is 4.35. The van der Waals surface area contributed by atoms with E-state index in [1.165, 1.54) is 45.6 Å². The second-order valence-corrected chi connectivity index (χ2v) is 8.57. The molecule has 3 N–H and O–H groups in total. The number of rotatable bonds is 6. The minimum absolute atomic E-state index is 0.172. The van der Waals surface area contributed by atoms with Crippen LogP contribution < -0.4 is 18.9 Å². The molecule has 2 atom stereocenters. The first-order valence-electron chi connectivity index (χ1n) is 11.2. The summed E-state index contributed by atoms with van der Waals surface area (Å²) >= 11 is 0. The van der Waals surface area contributed by atoms with Crippen LogP contribution in [0.5, 0.6) is 40.2 Å². The van der Waals surface area contributed by atoms with Crippen molar-refractivity contribution >= 4 is 5.97 Å². The zero-order chi connectivity index (χ0) is 26.1. The largest absolute Gasteiger partial charge is 0.504 e. The molecule has 0 radical (unpaired) electrons. The van der Waals surface area contributed by atoms with Crippen molar-refractivity contribution in [2.24, 2.45) is 0 Å². The Bertz CT molecular complexity index is 1270. The van der Waals surface area contributed by atoms with Crippen molar-refractivity contribution in [1.82, 2.24) is 0 Å². The van der Waals surface area contributed by atoms with Crippen LogP contribution in [-0.2, 0) is 11.2 Å². The van der Waals surface area contributed by atoms with Crippen molar-refractivity contribution < 1.29 is 43.8 Å². The Morgan fingerprint density at radius 3 is 2.06 bits per heavy atom. The molecular formula is C27H28O9. The molecule has 0 spiro atoms. The summed E-state index contributed by atoms with van der Waals surface area (Å²) in [6.07, 6.45) is -1.37. The fourth-order valence-electron chi connectivity index (χ4n) is 4.43. The predicted molar refractivity (Wildman–Crippen MR) is 130 cm³/mol. The van der Waals surface area contributed by atoms with Gasteiger partial charge in [-0.1, -0.05) is 6.07 Å². The lowest BCUT2D eigenvalue weighted by atomic mass is 9.91. The molecule has 0 bridgehead atoms. The Morgan fingerprint density at radius 2 is 1.50 bits per heavy atom. The van der Waals surface area contributed by atoms with Crippen LogP contribution in [-0.4, -0.2) is 48.7 Å². The van der Waals surface area contributed by atoms with Gasteiger partial charge in [0.1, 0.15) is 11.9 Å². The summed E-state index contributed by atoms with van der Waals surface area (Å²) < 4.78 is 28.2. The van der Waals surface area contributed by atoms with Crippen molar-refractivity contribution in [3.8, 4) is 40.2 Å². The van der Waals surface area contributed by atoms with E-state index in [1.807, 2.05) is 26.0 Å². The number of methoxy groups -OCH3 is 3. The highest BCUT2D eigenvalue weighted by atomic mass is 16.6. The van der Waals surface area contributed by atoms with Crippen molar-refractivity contribution in [1.29, 1.82) is 0 Å². The monoisotopic (exact) mass is 496 g/mol. The van der Waals surface area contributed by atoms with Gasteiger partial charge in [-0.3, -0.25) is 0 Å². The zero-order valence-corrected chi connectivity index (χ0v) is 20.6. The highest BCUT2D eigenvalue weighted by molar-refractivity contribution is 5.91. The molecule has 190 valence electrons. The first-order valence-corrected chi connectivity index (χ1v) is 11.2. The second-order valence-electron chi connectivity index (χ2n) is 8.57. The maximum Gasteiger partial charge on any atom is 0.338 e. The quantitative estimate of drug-likeness (QED) is 0.337. The molecule has 4 rings (SSSR count).